The summed E-state index contributed by atoms with van der Waals surface area (Å²) in [5.74, 6) is -0.738. The Morgan fingerprint density at radius 1 is 0.756 bits per heavy atom. The number of hydrogen-bond donors (Lipinski definition) is 1. The smallest absolute Gasteiger partial charge is 0.303 e. The average Bonchev–Trinajstić information content (AvgIpc) is 2.92. The average molecular weight is 579 g/mol. The van der Waals surface area contributed by atoms with Crippen LogP contribution in [0.4, 0.5) is 11.4 Å². The van der Waals surface area contributed by atoms with Crippen LogP contribution in [0.1, 0.15) is 64.7 Å². The van der Waals surface area contributed by atoms with E-state index in [4.69, 9.17) is 21.4 Å². The van der Waals surface area contributed by atoms with E-state index >= 15 is 0 Å². The Kier molecular flexibility index (Phi) is 11.4. The van der Waals surface area contributed by atoms with Crippen molar-refractivity contribution in [3.8, 4) is 5.75 Å². The van der Waals surface area contributed by atoms with Crippen LogP contribution in [-0.4, -0.2) is 43.1 Å². The molecule has 0 heterocycles. The summed E-state index contributed by atoms with van der Waals surface area (Å²) in [4.78, 5) is 42.2. The minimum absolute atomic E-state index is 0.0630. The molecule has 218 valence electrons. The largest absolute Gasteiger partial charge is 0.496 e. The zero-order valence-electron chi connectivity index (χ0n) is 24.5. The van der Waals surface area contributed by atoms with Crippen molar-refractivity contribution in [3.05, 3.63) is 87.4 Å². The minimum Gasteiger partial charge on any atom is -0.496 e. The summed E-state index contributed by atoms with van der Waals surface area (Å²) < 4.78 is 5.47. The number of carboxylic acid groups (broad SMARTS) is 1. The number of rotatable bonds is 13. The maximum atomic E-state index is 14.0. The maximum absolute atomic E-state index is 14.0. The number of para-hydroxylation sites is 2. The third-order valence-corrected chi connectivity index (χ3v) is 7.39. The number of carbonyl (C=O) groups excluding carboxylic acids is 2. The second-order valence-corrected chi connectivity index (χ2v) is 10.7. The number of ether oxygens (including phenoxy) is 1. The molecule has 1 N–H and O–H groups in total. The summed E-state index contributed by atoms with van der Waals surface area (Å²) in [7, 11) is 1.51. The van der Waals surface area contributed by atoms with E-state index in [0.29, 0.717) is 48.7 Å². The van der Waals surface area contributed by atoms with E-state index in [1.165, 1.54) is 7.11 Å². The number of amides is 2. The molecule has 0 aliphatic heterocycles. The molecule has 0 unspecified atom stereocenters. The Hall–Kier alpha value is -3.84. The van der Waals surface area contributed by atoms with Gasteiger partial charge in [-0.1, -0.05) is 48.0 Å². The molecule has 2 amide bonds. The Balaban J connectivity index is 1.87. The van der Waals surface area contributed by atoms with Gasteiger partial charge in [-0.25, -0.2) is 0 Å². The molecule has 7 nitrogen and oxygen atoms in total. The molecule has 0 bridgehead atoms. The van der Waals surface area contributed by atoms with E-state index in [-0.39, 0.29) is 24.7 Å². The standard InChI is InChI=1S/C33H39ClN2O5/c1-22-11-8-12-23(2)31(22)35(19-7-6-16-30(38)39)29(37)15-10-20-36(32-24(3)13-9-14-25(32)4)33(40)27-21-26(34)17-18-28(27)41-5/h8-9,11-14,17-18,21H,6-7,10,15-16,19-20H2,1-5H3,(H,38,39). The number of methoxy groups -OCH3 is 1. The number of anilines is 2. The van der Waals surface area contributed by atoms with Crippen molar-refractivity contribution >= 4 is 40.8 Å². The van der Waals surface area contributed by atoms with Gasteiger partial charge in [-0.3, -0.25) is 14.4 Å². The van der Waals surface area contributed by atoms with Crippen molar-refractivity contribution in [3.63, 3.8) is 0 Å². The highest BCUT2D eigenvalue weighted by atomic mass is 35.5. The quantitative estimate of drug-likeness (QED) is 0.215. The molecule has 0 saturated heterocycles. The molecule has 0 aliphatic rings. The molecule has 0 radical (unpaired) electrons. The molecular formula is C33H39ClN2O5. The van der Waals surface area contributed by atoms with Crippen LogP contribution in [0.5, 0.6) is 5.75 Å². The van der Waals surface area contributed by atoms with Crippen molar-refractivity contribution < 1.29 is 24.2 Å². The summed E-state index contributed by atoms with van der Waals surface area (Å²) in [6, 6.07) is 16.7. The van der Waals surface area contributed by atoms with Gasteiger partial charge in [0, 0.05) is 42.3 Å². The normalized spacial score (nSPS) is 10.8. The molecular weight excluding hydrogens is 540 g/mol. The van der Waals surface area contributed by atoms with Gasteiger partial charge in [0.15, 0.2) is 0 Å². The molecule has 0 aliphatic carbocycles. The number of nitrogens with zero attached hydrogens (tertiary/aromatic N) is 2. The van der Waals surface area contributed by atoms with E-state index in [1.54, 1.807) is 28.0 Å². The number of carbonyl (C=O) groups is 3. The van der Waals surface area contributed by atoms with Crippen LogP contribution in [0.3, 0.4) is 0 Å². The topological polar surface area (TPSA) is 87.2 Å². The highest BCUT2D eigenvalue weighted by Crippen LogP contribution is 2.31. The minimum atomic E-state index is -0.845. The van der Waals surface area contributed by atoms with Crippen molar-refractivity contribution in [1.29, 1.82) is 0 Å². The summed E-state index contributed by atoms with van der Waals surface area (Å²) in [6.45, 7) is 8.60. The van der Waals surface area contributed by atoms with Gasteiger partial charge in [-0.05, 0) is 87.4 Å². The SMILES string of the molecule is COc1ccc(Cl)cc1C(=O)N(CCCC(=O)N(CCCCC(=O)O)c1c(C)cccc1C)c1c(C)cccc1C. The van der Waals surface area contributed by atoms with Crippen LogP contribution >= 0.6 is 11.6 Å². The molecule has 0 fully saturated rings. The Bertz CT molecular complexity index is 1360. The lowest BCUT2D eigenvalue weighted by atomic mass is 10.0. The fourth-order valence-corrected chi connectivity index (χ4v) is 5.37. The summed E-state index contributed by atoms with van der Waals surface area (Å²) in [6.07, 6.45) is 1.77. The second kappa shape index (κ2) is 14.7. The van der Waals surface area contributed by atoms with Gasteiger partial charge in [0.05, 0.1) is 12.7 Å². The number of carboxylic acids is 1. The van der Waals surface area contributed by atoms with Gasteiger partial charge < -0.3 is 19.6 Å². The Labute approximate surface area is 247 Å². The van der Waals surface area contributed by atoms with Crippen LogP contribution < -0.4 is 14.5 Å². The number of unbranched alkanes of at least 4 members (excludes halogenated alkanes) is 1. The predicted octanol–water partition coefficient (Wildman–Crippen LogP) is 7.30. The number of benzene rings is 3. The Morgan fingerprint density at radius 2 is 1.29 bits per heavy atom. The fourth-order valence-electron chi connectivity index (χ4n) is 5.20. The van der Waals surface area contributed by atoms with Gasteiger partial charge in [-0.2, -0.15) is 0 Å². The lowest BCUT2D eigenvalue weighted by Crippen LogP contribution is -2.36. The summed E-state index contributed by atoms with van der Waals surface area (Å²) in [5, 5.41) is 9.47. The van der Waals surface area contributed by atoms with E-state index in [9.17, 15) is 14.4 Å². The molecule has 8 heteroatoms. The van der Waals surface area contributed by atoms with Gasteiger partial charge >= 0.3 is 5.97 Å². The van der Waals surface area contributed by atoms with Gasteiger partial charge in [0.1, 0.15) is 5.75 Å². The first kappa shape index (κ1) is 31.7. The Morgan fingerprint density at radius 3 is 1.83 bits per heavy atom. The van der Waals surface area contributed by atoms with Gasteiger partial charge in [-0.15, -0.1) is 0 Å². The zero-order chi connectivity index (χ0) is 30.1. The van der Waals surface area contributed by atoms with Crippen LogP contribution in [0.15, 0.2) is 54.6 Å². The van der Waals surface area contributed by atoms with E-state index in [0.717, 1.165) is 33.6 Å². The summed E-state index contributed by atoms with van der Waals surface area (Å²) >= 11 is 6.26. The lowest BCUT2D eigenvalue weighted by molar-refractivity contribution is -0.137. The molecule has 0 atom stereocenters. The van der Waals surface area contributed by atoms with Crippen molar-refractivity contribution in [2.75, 3.05) is 30.0 Å². The highest BCUT2D eigenvalue weighted by Gasteiger charge is 2.25. The van der Waals surface area contributed by atoms with Crippen molar-refractivity contribution in [2.24, 2.45) is 0 Å². The molecule has 3 aromatic rings. The third kappa shape index (κ3) is 8.10. The first-order valence-corrected chi connectivity index (χ1v) is 14.2. The predicted molar refractivity (Wildman–Crippen MR) is 165 cm³/mol. The first-order valence-electron chi connectivity index (χ1n) is 13.8. The maximum Gasteiger partial charge on any atom is 0.303 e. The number of halogens is 1. The molecule has 3 aromatic carbocycles. The molecule has 0 spiro atoms. The van der Waals surface area contributed by atoms with Crippen molar-refractivity contribution in [2.45, 2.75) is 59.8 Å². The summed E-state index contributed by atoms with van der Waals surface area (Å²) in [5.41, 5.74) is 5.87. The van der Waals surface area contributed by atoms with E-state index in [2.05, 4.69) is 0 Å². The highest BCUT2D eigenvalue weighted by molar-refractivity contribution is 6.31. The van der Waals surface area contributed by atoms with E-state index in [1.807, 2.05) is 64.1 Å². The molecule has 3 rings (SSSR count). The monoisotopic (exact) mass is 578 g/mol. The van der Waals surface area contributed by atoms with Crippen LogP contribution in [0.2, 0.25) is 5.02 Å². The number of aryl methyl sites for hydroxylation is 4. The van der Waals surface area contributed by atoms with Crippen LogP contribution in [0.25, 0.3) is 0 Å². The lowest BCUT2D eigenvalue weighted by Gasteiger charge is -2.29. The van der Waals surface area contributed by atoms with Crippen molar-refractivity contribution in [1.82, 2.24) is 0 Å². The fraction of sp³-hybridized carbons (Fsp3) is 0.364. The van der Waals surface area contributed by atoms with Crippen LogP contribution in [0, 0.1) is 27.7 Å². The van der Waals surface area contributed by atoms with Gasteiger partial charge in [0.25, 0.3) is 5.91 Å². The third-order valence-electron chi connectivity index (χ3n) is 7.15. The molecule has 41 heavy (non-hydrogen) atoms. The molecule has 0 saturated carbocycles. The second-order valence-electron chi connectivity index (χ2n) is 10.3. The number of hydrogen-bond acceptors (Lipinski definition) is 4. The molecule has 0 aromatic heterocycles. The van der Waals surface area contributed by atoms with E-state index < -0.39 is 5.97 Å². The first-order chi connectivity index (χ1) is 19.5. The van der Waals surface area contributed by atoms with Gasteiger partial charge in [0.2, 0.25) is 5.91 Å². The zero-order valence-corrected chi connectivity index (χ0v) is 25.3. The van der Waals surface area contributed by atoms with Crippen LogP contribution in [-0.2, 0) is 9.59 Å². The number of aliphatic carboxylic acids is 1.